The molecule has 0 aliphatic carbocycles. The van der Waals surface area contributed by atoms with Gasteiger partial charge in [-0.1, -0.05) is 0 Å². The Bertz CT molecular complexity index is 478. The smallest absolute Gasteiger partial charge is 0.250 e. The highest BCUT2D eigenvalue weighted by Gasteiger charge is 2.02. The van der Waals surface area contributed by atoms with Gasteiger partial charge in [0.25, 0.3) is 0 Å². The molecule has 1 amide bonds. The van der Waals surface area contributed by atoms with Crippen LogP contribution in [0.25, 0.3) is 10.9 Å². The second kappa shape index (κ2) is 4.10. The van der Waals surface area contributed by atoms with E-state index in [0.29, 0.717) is 0 Å². The van der Waals surface area contributed by atoms with Crippen LogP contribution in [0.2, 0.25) is 0 Å². The predicted octanol–water partition coefficient (Wildman–Crippen LogP) is 1.15. The molecule has 0 saturated heterocycles. The molecule has 0 aliphatic rings. The SMILES string of the molecule is COCC(=O)Nc1ccc2[nH]ncc2c1. The summed E-state index contributed by atoms with van der Waals surface area (Å²) >= 11 is 0. The van der Waals surface area contributed by atoms with E-state index in [-0.39, 0.29) is 12.5 Å². The summed E-state index contributed by atoms with van der Waals surface area (Å²) in [5.41, 5.74) is 1.69. The molecule has 0 unspecified atom stereocenters. The first kappa shape index (κ1) is 9.67. The highest BCUT2D eigenvalue weighted by atomic mass is 16.5. The zero-order chi connectivity index (χ0) is 10.7. The van der Waals surface area contributed by atoms with Crippen LogP contribution in [0.3, 0.4) is 0 Å². The lowest BCUT2D eigenvalue weighted by Gasteiger charge is -2.03. The number of hydrogen-bond acceptors (Lipinski definition) is 3. The van der Waals surface area contributed by atoms with Gasteiger partial charge in [0.2, 0.25) is 5.91 Å². The number of H-pyrrole nitrogens is 1. The molecule has 0 spiro atoms. The summed E-state index contributed by atoms with van der Waals surface area (Å²) in [5, 5.41) is 10.4. The standard InChI is InChI=1S/C10H11N3O2/c1-15-6-10(14)12-8-2-3-9-7(4-8)5-11-13-9/h2-5H,6H2,1H3,(H,11,13)(H,12,14). The minimum Gasteiger partial charge on any atom is -0.375 e. The molecule has 5 nitrogen and oxygen atoms in total. The maximum absolute atomic E-state index is 11.2. The highest BCUT2D eigenvalue weighted by Crippen LogP contribution is 2.16. The predicted molar refractivity (Wildman–Crippen MR) is 56.6 cm³/mol. The largest absolute Gasteiger partial charge is 0.375 e. The van der Waals surface area contributed by atoms with Gasteiger partial charge in [-0.3, -0.25) is 9.89 Å². The van der Waals surface area contributed by atoms with Gasteiger partial charge in [-0.15, -0.1) is 0 Å². The van der Waals surface area contributed by atoms with Crippen LogP contribution in [0.1, 0.15) is 0 Å². The molecule has 0 bridgehead atoms. The normalized spacial score (nSPS) is 10.5. The van der Waals surface area contributed by atoms with E-state index in [2.05, 4.69) is 15.5 Å². The molecule has 0 aliphatic heterocycles. The van der Waals surface area contributed by atoms with E-state index in [4.69, 9.17) is 4.74 Å². The van der Waals surface area contributed by atoms with E-state index in [0.717, 1.165) is 16.6 Å². The number of nitrogens with one attached hydrogen (secondary N) is 2. The summed E-state index contributed by atoms with van der Waals surface area (Å²) in [6, 6.07) is 5.53. The number of amides is 1. The van der Waals surface area contributed by atoms with E-state index < -0.39 is 0 Å². The van der Waals surface area contributed by atoms with E-state index in [1.165, 1.54) is 7.11 Å². The molecule has 1 heterocycles. The van der Waals surface area contributed by atoms with Crippen LogP contribution in [0, 0.1) is 0 Å². The Labute approximate surface area is 86.4 Å². The van der Waals surface area contributed by atoms with E-state index in [1.54, 1.807) is 6.20 Å². The molecule has 0 atom stereocenters. The zero-order valence-corrected chi connectivity index (χ0v) is 8.28. The molecule has 0 saturated carbocycles. The number of carbonyl (C=O) groups excluding carboxylic acids is 1. The van der Waals surface area contributed by atoms with Crippen molar-refractivity contribution in [2.45, 2.75) is 0 Å². The Morgan fingerprint density at radius 3 is 3.27 bits per heavy atom. The van der Waals surface area contributed by atoms with Crippen molar-refractivity contribution in [2.24, 2.45) is 0 Å². The van der Waals surface area contributed by atoms with Crippen LogP contribution in [0.4, 0.5) is 5.69 Å². The maximum Gasteiger partial charge on any atom is 0.250 e. The quantitative estimate of drug-likeness (QED) is 0.789. The number of benzene rings is 1. The summed E-state index contributed by atoms with van der Waals surface area (Å²) in [6.07, 6.45) is 1.71. The van der Waals surface area contributed by atoms with Gasteiger partial charge in [0.05, 0.1) is 11.7 Å². The van der Waals surface area contributed by atoms with Crippen molar-refractivity contribution in [3.05, 3.63) is 24.4 Å². The van der Waals surface area contributed by atoms with Crippen LogP contribution in [-0.4, -0.2) is 29.8 Å². The lowest BCUT2D eigenvalue weighted by atomic mass is 10.2. The van der Waals surface area contributed by atoms with Gasteiger partial charge in [0.15, 0.2) is 0 Å². The maximum atomic E-state index is 11.2. The van der Waals surface area contributed by atoms with Gasteiger partial charge >= 0.3 is 0 Å². The van der Waals surface area contributed by atoms with Gasteiger partial charge in [0.1, 0.15) is 6.61 Å². The van der Waals surface area contributed by atoms with E-state index in [9.17, 15) is 4.79 Å². The molecule has 0 fully saturated rings. The Kier molecular flexibility index (Phi) is 2.64. The minimum absolute atomic E-state index is 0.0590. The summed E-state index contributed by atoms with van der Waals surface area (Å²) < 4.78 is 4.72. The molecule has 2 N–H and O–H groups in total. The van der Waals surface area contributed by atoms with Crippen LogP contribution < -0.4 is 5.32 Å². The monoisotopic (exact) mass is 205 g/mol. The molecular formula is C10H11N3O2. The first-order valence-electron chi connectivity index (χ1n) is 4.51. The average molecular weight is 205 g/mol. The third-order valence-electron chi connectivity index (χ3n) is 2.00. The van der Waals surface area contributed by atoms with Crippen molar-refractivity contribution >= 4 is 22.5 Å². The number of methoxy groups -OCH3 is 1. The third-order valence-corrected chi connectivity index (χ3v) is 2.00. The highest BCUT2D eigenvalue weighted by molar-refractivity contribution is 5.94. The van der Waals surface area contributed by atoms with Gasteiger partial charge < -0.3 is 10.1 Å². The molecule has 15 heavy (non-hydrogen) atoms. The van der Waals surface area contributed by atoms with Gasteiger partial charge in [0, 0.05) is 18.2 Å². The number of aromatic nitrogens is 2. The van der Waals surface area contributed by atoms with E-state index >= 15 is 0 Å². The van der Waals surface area contributed by atoms with Gasteiger partial charge in [-0.25, -0.2) is 0 Å². The number of nitrogens with zero attached hydrogens (tertiary/aromatic N) is 1. The van der Waals surface area contributed by atoms with Crippen LogP contribution >= 0.6 is 0 Å². The van der Waals surface area contributed by atoms with Crippen LogP contribution in [0.5, 0.6) is 0 Å². The van der Waals surface area contributed by atoms with Gasteiger partial charge in [-0.2, -0.15) is 5.10 Å². The molecule has 1 aromatic heterocycles. The molecule has 2 rings (SSSR count). The zero-order valence-electron chi connectivity index (χ0n) is 8.28. The fraction of sp³-hybridized carbons (Fsp3) is 0.200. The minimum atomic E-state index is -0.166. The summed E-state index contributed by atoms with van der Waals surface area (Å²) in [4.78, 5) is 11.2. The van der Waals surface area contributed by atoms with Crippen molar-refractivity contribution in [1.29, 1.82) is 0 Å². The molecule has 0 radical (unpaired) electrons. The molecule has 1 aromatic carbocycles. The molecule has 78 valence electrons. The number of hydrogen-bond donors (Lipinski definition) is 2. The first-order valence-corrected chi connectivity index (χ1v) is 4.51. The summed E-state index contributed by atoms with van der Waals surface area (Å²) in [7, 11) is 1.48. The average Bonchev–Trinajstić information content (AvgIpc) is 2.65. The van der Waals surface area contributed by atoms with Gasteiger partial charge in [-0.05, 0) is 18.2 Å². The van der Waals surface area contributed by atoms with E-state index in [1.807, 2.05) is 18.2 Å². The molecular weight excluding hydrogens is 194 g/mol. The van der Waals surface area contributed by atoms with Crippen LogP contribution in [-0.2, 0) is 9.53 Å². The molecule has 2 aromatic rings. The number of carbonyl (C=O) groups is 1. The second-order valence-corrected chi connectivity index (χ2v) is 3.15. The van der Waals surface area contributed by atoms with Crippen molar-refractivity contribution in [3.8, 4) is 0 Å². The number of ether oxygens (including phenoxy) is 1. The Morgan fingerprint density at radius 2 is 2.47 bits per heavy atom. The third kappa shape index (κ3) is 2.13. The fourth-order valence-electron chi connectivity index (χ4n) is 1.35. The Balaban J connectivity index is 2.17. The van der Waals surface area contributed by atoms with Crippen LogP contribution in [0.15, 0.2) is 24.4 Å². The summed E-state index contributed by atoms with van der Waals surface area (Å²) in [5.74, 6) is -0.166. The number of fused-ring (bicyclic) bond motifs is 1. The van der Waals surface area contributed by atoms with Crippen molar-refractivity contribution in [1.82, 2.24) is 10.2 Å². The molecule has 5 heteroatoms. The lowest BCUT2D eigenvalue weighted by molar-refractivity contribution is -0.119. The Morgan fingerprint density at radius 1 is 1.60 bits per heavy atom. The fourth-order valence-corrected chi connectivity index (χ4v) is 1.35. The topological polar surface area (TPSA) is 67.0 Å². The second-order valence-electron chi connectivity index (χ2n) is 3.15. The number of rotatable bonds is 3. The summed E-state index contributed by atoms with van der Waals surface area (Å²) in [6.45, 7) is 0.0590. The van der Waals surface area contributed by atoms with Crippen molar-refractivity contribution in [2.75, 3.05) is 19.0 Å². The number of aromatic amines is 1. The van der Waals surface area contributed by atoms with Crippen molar-refractivity contribution in [3.63, 3.8) is 0 Å². The first-order chi connectivity index (χ1) is 7.29. The number of anilines is 1. The Hall–Kier alpha value is -1.88. The lowest BCUT2D eigenvalue weighted by Crippen LogP contribution is -2.16. The van der Waals surface area contributed by atoms with Crippen molar-refractivity contribution < 1.29 is 9.53 Å².